The van der Waals surface area contributed by atoms with Crippen LogP contribution < -0.4 is 0 Å². The first-order valence-corrected chi connectivity index (χ1v) is 7.17. The third kappa shape index (κ3) is 8.07. The summed E-state index contributed by atoms with van der Waals surface area (Å²) >= 11 is 11.3. The zero-order valence-corrected chi connectivity index (χ0v) is 13.6. The van der Waals surface area contributed by atoms with Gasteiger partial charge in [0.2, 0.25) is 0 Å². The van der Waals surface area contributed by atoms with Gasteiger partial charge >= 0.3 is 11.9 Å². The molecule has 24 heavy (non-hydrogen) atoms. The molecule has 8 heteroatoms. The van der Waals surface area contributed by atoms with Crippen LogP contribution in [0.15, 0.2) is 48.9 Å². The van der Waals surface area contributed by atoms with Gasteiger partial charge in [0.25, 0.3) is 0 Å². The summed E-state index contributed by atoms with van der Waals surface area (Å²) in [6.45, 7) is 0. The Bertz CT molecular complexity index is 776. The van der Waals surface area contributed by atoms with Crippen molar-refractivity contribution in [1.29, 1.82) is 0 Å². The molecule has 0 saturated heterocycles. The van der Waals surface area contributed by atoms with Crippen molar-refractivity contribution in [3.05, 3.63) is 70.2 Å². The van der Waals surface area contributed by atoms with Crippen molar-refractivity contribution in [2.45, 2.75) is 0 Å². The number of hydrogen-bond acceptors (Lipinski definition) is 4. The molecule has 124 valence electrons. The van der Waals surface area contributed by atoms with E-state index in [0.29, 0.717) is 15.7 Å². The molecular weight excluding hydrogens is 355 g/mol. The number of carbonyl (C=O) groups is 2. The van der Waals surface area contributed by atoms with Crippen LogP contribution in [-0.4, -0.2) is 32.1 Å². The van der Waals surface area contributed by atoms with Crippen LogP contribution in [0.3, 0.4) is 0 Å². The monoisotopic (exact) mass is 366 g/mol. The molecule has 2 N–H and O–H groups in total. The number of carboxylic acids is 2. The predicted molar refractivity (Wildman–Crippen MR) is 91.8 cm³/mol. The van der Waals surface area contributed by atoms with Crippen molar-refractivity contribution in [2.75, 3.05) is 0 Å². The zero-order valence-electron chi connectivity index (χ0n) is 12.1. The lowest BCUT2D eigenvalue weighted by Gasteiger charge is -1.93. The lowest BCUT2D eigenvalue weighted by Crippen LogP contribution is -1.86. The minimum absolute atomic E-state index is 0.350. The summed E-state index contributed by atoms with van der Waals surface area (Å²) in [6.07, 6.45) is 9.48. The van der Waals surface area contributed by atoms with E-state index in [1.807, 2.05) is 0 Å². The quantitative estimate of drug-likeness (QED) is 0.632. The Morgan fingerprint density at radius 1 is 1.00 bits per heavy atom. The van der Waals surface area contributed by atoms with E-state index in [-0.39, 0.29) is 0 Å². The molecule has 0 unspecified atom stereocenters. The van der Waals surface area contributed by atoms with Crippen LogP contribution >= 0.6 is 23.2 Å². The van der Waals surface area contributed by atoms with Gasteiger partial charge in [-0.1, -0.05) is 23.2 Å². The molecule has 2 heterocycles. The third-order valence-electron chi connectivity index (χ3n) is 2.38. The first-order valence-electron chi connectivity index (χ1n) is 6.41. The molecule has 0 atom stereocenters. The molecule has 2 rings (SSSR count). The summed E-state index contributed by atoms with van der Waals surface area (Å²) in [5.74, 6) is -1.98. The van der Waals surface area contributed by atoms with Crippen molar-refractivity contribution in [3.63, 3.8) is 0 Å². The number of halogens is 2. The maximum Gasteiger partial charge on any atom is 0.328 e. The predicted octanol–water partition coefficient (Wildman–Crippen LogP) is 3.67. The molecule has 0 amide bonds. The van der Waals surface area contributed by atoms with Crippen molar-refractivity contribution in [1.82, 2.24) is 9.97 Å². The summed E-state index contributed by atoms with van der Waals surface area (Å²) in [5, 5.41) is 17.4. The Morgan fingerprint density at radius 2 is 1.67 bits per heavy atom. The number of pyridine rings is 2. The van der Waals surface area contributed by atoms with Crippen molar-refractivity contribution >= 4 is 47.3 Å². The Labute approximate surface area is 147 Å². The number of carboxylic acid groups (broad SMARTS) is 2. The molecule has 0 saturated carbocycles. The topological polar surface area (TPSA) is 100 Å². The van der Waals surface area contributed by atoms with E-state index >= 15 is 0 Å². The number of hydrogen-bond donors (Lipinski definition) is 2. The third-order valence-corrected chi connectivity index (χ3v) is 2.90. The van der Waals surface area contributed by atoms with Crippen LogP contribution in [0.2, 0.25) is 10.2 Å². The molecule has 0 aliphatic rings. The number of nitrogens with zero attached hydrogens (tertiary/aromatic N) is 2. The van der Waals surface area contributed by atoms with Gasteiger partial charge in [0.05, 0.1) is 5.02 Å². The van der Waals surface area contributed by atoms with E-state index in [0.717, 1.165) is 17.7 Å². The highest BCUT2D eigenvalue weighted by atomic mass is 35.5. The minimum atomic E-state index is -0.997. The van der Waals surface area contributed by atoms with E-state index in [1.54, 1.807) is 24.4 Å². The maximum absolute atomic E-state index is 10.1. The van der Waals surface area contributed by atoms with Gasteiger partial charge in [-0.2, -0.15) is 0 Å². The Hall–Kier alpha value is -2.70. The Kier molecular flexibility index (Phi) is 8.18. The van der Waals surface area contributed by atoms with Crippen LogP contribution in [0, 0.1) is 0 Å². The molecule has 0 aliphatic heterocycles. The average molecular weight is 367 g/mol. The Morgan fingerprint density at radius 3 is 2.25 bits per heavy atom. The smallest absolute Gasteiger partial charge is 0.328 e. The molecule has 0 fully saturated rings. The fourth-order valence-corrected chi connectivity index (χ4v) is 1.74. The zero-order chi connectivity index (χ0) is 17.9. The van der Waals surface area contributed by atoms with Gasteiger partial charge in [0.15, 0.2) is 0 Å². The molecule has 0 bridgehead atoms. The van der Waals surface area contributed by atoms with Crippen LogP contribution in [0.5, 0.6) is 0 Å². The Balaban J connectivity index is 0.000000240. The molecule has 0 aromatic carbocycles. The van der Waals surface area contributed by atoms with Gasteiger partial charge < -0.3 is 10.2 Å². The van der Waals surface area contributed by atoms with Gasteiger partial charge in [0, 0.05) is 30.7 Å². The SMILES string of the molecule is O=C(O)C=Cc1ccnc(Cl)c1.O=C(O)C=Cc1ccncc1Cl. The normalized spacial score (nSPS) is 10.4. The summed E-state index contributed by atoms with van der Waals surface area (Å²) in [7, 11) is 0. The molecule has 2 aromatic heterocycles. The van der Waals surface area contributed by atoms with Gasteiger partial charge in [-0.25, -0.2) is 14.6 Å². The molecule has 0 aliphatic carbocycles. The highest BCUT2D eigenvalue weighted by Gasteiger charge is 1.94. The van der Waals surface area contributed by atoms with E-state index < -0.39 is 11.9 Å². The average Bonchev–Trinajstić information content (AvgIpc) is 2.53. The molecule has 2 aromatic rings. The van der Waals surface area contributed by atoms with Crippen molar-refractivity contribution < 1.29 is 19.8 Å². The van der Waals surface area contributed by atoms with E-state index in [4.69, 9.17) is 33.4 Å². The van der Waals surface area contributed by atoms with Gasteiger partial charge in [-0.05, 0) is 41.5 Å². The summed E-state index contributed by atoms with van der Waals surface area (Å²) in [6, 6.07) is 4.90. The van der Waals surface area contributed by atoms with Crippen LogP contribution in [0.4, 0.5) is 0 Å². The summed E-state index contributed by atoms with van der Waals surface area (Å²) in [5.41, 5.74) is 1.37. The van der Waals surface area contributed by atoms with E-state index in [2.05, 4.69) is 9.97 Å². The lowest BCUT2D eigenvalue weighted by atomic mass is 10.2. The second-order valence-corrected chi connectivity index (χ2v) is 4.95. The second-order valence-electron chi connectivity index (χ2n) is 4.15. The van der Waals surface area contributed by atoms with Crippen LogP contribution in [-0.2, 0) is 9.59 Å². The largest absolute Gasteiger partial charge is 0.478 e. The van der Waals surface area contributed by atoms with E-state index in [9.17, 15) is 9.59 Å². The summed E-state index contributed by atoms with van der Waals surface area (Å²) < 4.78 is 0. The maximum atomic E-state index is 10.1. The first-order chi connectivity index (χ1) is 11.4. The fourth-order valence-electron chi connectivity index (χ4n) is 1.37. The minimum Gasteiger partial charge on any atom is -0.478 e. The molecule has 0 radical (unpaired) electrons. The highest BCUT2D eigenvalue weighted by molar-refractivity contribution is 6.32. The van der Waals surface area contributed by atoms with Gasteiger partial charge in [-0.15, -0.1) is 0 Å². The number of aliphatic carboxylic acids is 2. The fraction of sp³-hybridized carbons (Fsp3) is 0. The lowest BCUT2D eigenvalue weighted by molar-refractivity contribution is -0.132. The van der Waals surface area contributed by atoms with Crippen LogP contribution in [0.25, 0.3) is 12.2 Å². The van der Waals surface area contributed by atoms with Gasteiger partial charge in [-0.3, -0.25) is 4.98 Å². The standard InChI is InChI=1S/2C8H6ClNO2/c9-7-5-10-4-3-6(7)1-2-8(11)12;9-7-5-6(3-4-10-7)1-2-8(11)12/h2*1-5H,(H,11,12). The number of aromatic nitrogens is 2. The first kappa shape index (κ1) is 19.3. The highest BCUT2D eigenvalue weighted by Crippen LogP contribution is 2.14. The molecule has 6 nitrogen and oxygen atoms in total. The van der Waals surface area contributed by atoms with Crippen molar-refractivity contribution in [2.24, 2.45) is 0 Å². The number of rotatable bonds is 4. The molecule has 0 spiro atoms. The van der Waals surface area contributed by atoms with E-state index in [1.165, 1.54) is 24.5 Å². The van der Waals surface area contributed by atoms with Crippen molar-refractivity contribution in [3.8, 4) is 0 Å². The summed E-state index contributed by atoms with van der Waals surface area (Å²) in [4.78, 5) is 27.8. The van der Waals surface area contributed by atoms with Crippen LogP contribution in [0.1, 0.15) is 11.1 Å². The second kappa shape index (κ2) is 10.1. The van der Waals surface area contributed by atoms with Gasteiger partial charge in [0.1, 0.15) is 5.15 Å². The molecular formula is C16H12Cl2N2O4.